The molecule has 0 saturated carbocycles. The van der Waals surface area contributed by atoms with Gasteiger partial charge in [-0.05, 0) is 48.9 Å². The largest absolute Gasteiger partial charge is 0.496 e. The van der Waals surface area contributed by atoms with E-state index in [1.807, 2.05) is 26.8 Å². The number of rotatable bonds is 5. The highest BCUT2D eigenvalue weighted by molar-refractivity contribution is 5.67. The van der Waals surface area contributed by atoms with Crippen LogP contribution in [0.3, 0.4) is 0 Å². The average Bonchev–Trinajstić information content (AvgIpc) is 2.21. The van der Waals surface area contributed by atoms with Crippen LogP contribution in [0.5, 0.6) is 5.75 Å². The Morgan fingerprint density at radius 2 is 2.00 bits per heavy atom. The van der Waals surface area contributed by atoms with E-state index in [-0.39, 0.29) is 12.3 Å². The van der Waals surface area contributed by atoms with Crippen molar-refractivity contribution in [3.63, 3.8) is 0 Å². The van der Waals surface area contributed by atoms with E-state index >= 15 is 0 Å². The van der Waals surface area contributed by atoms with Gasteiger partial charge in [0.15, 0.2) is 0 Å². The van der Waals surface area contributed by atoms with Crippen LogP contribution in [0.4, 0.5) is 0 Å². The van der Waals surface area contributed by atoms with Crippen LogP contribution in [0.25, 0.3) is 0 Å². The molecule has 0 aliphatic carbocycles. The first-order valence-corrected chi connectivity index (χ1v) is 5.80. The summed E-state index contributed by atoms with van der Waals surface area (Å²) in [4.78, 5) is 10.6. The molecule has 0 aliphatic heterocycles. The van der Waals surface area contributed by atoms with Crippen molar-refractivity contribution < 1.29 is 14.6 Å². The van der Waals surface area contributed by atoms with Crippen LogP contribution >= 0.6 is 0 Å². The van der Waals surface area contributed by atoms with Gasteiger partial charge in [0.2, 0.25) is 0 Å². The van der Waals surface area contributed by atoms with E-state index in [4.69, 9.17) is 9.84 Å². The summed E-state index contributed by atoms with van der Waals surface area (Å²) in [6, 6.07) is 4.10. The Morgan fingerprint density at radius 3 is 2.53 bits per heavy atom. The third-order valence-corrected chi connectivity index (χ3v) is 2.94. The second-order valence-electron chi connectivity index (χ2n) is 4.66. The number of methoxy groups -OCH3 is 1. The molecule has 0 bridgehead atoms. The molecule has 0 fully saturated rings. The fraction of sp³-hybridized carbons (Fsp3) is 0.500. The predicted octanol–water partition coefficient (Wildman–Crippen LogP) is 2.97. The Balaban J connectivity index is 2.84. The Morgan fingerprint density at radius 1 is 1.35 bits per heavy atom. The van der Waals surface area contributed by atoms with Gasteiger partial charge in [-0.1, -0.05) is 13.0 Å². The van der Waals surface area contributed by atoms with Gasteiger partial charge < -0.3 is 9.84 Å². The third kappa shape index (κ3) is 3.77. The summed E-state index contributed by atoms with van der Waals surface area (Å²) in [5, 5.41) is 8.75. The highest BCUT2D eigenvalue weighted by atomic mass is 16.5. The predicted molar refractivity (Wildman–Crippen MR) is 67.6 cm³/mol. The van der Waals surface area contributed by atoms with E-state index in [0.29, 0.717) is 0 Å². The van der Waals surface area contributed by atoms with Crippen LogP contribution < -0.4 is 4.74 Å². The molecule has 1 rings (SSSR count). The van der Waals surface area contributed by atoms with Crippen LogP contribution in [-0.4, -0.2) is 18.2 Å². The molecule has 0 radical (unpaired) electrons. The molecule has 0 amide bonds. The minimum Gasteiger partial charge on any atom is -0.496 e. The second-order valence-corrected chi connectivity index (χ2v) is 4.66. The highest BCUT2D eigenvalue weighted by Gasteiger charge is 2.11. The number of carboxylic acid groups (broad SMARTS) is 1. The van der Waals surface area contributed by atoms with Crippen molar-refractivity contribution in [3.8, 4) is 5.75 Å². The Labute approximate surface area is 102 Å². The van der Waals surface area contributed by atoms with Gasteiger partial charge in [-0.2, -0.15) is 0 Å². The van der Waals surface area contributed by atoms with Gasteiger partial charge in [-0.3, -0.25) is 4.79 Å². The first kappa shape index (κ1) is 13.6. The van der Waals surface area contributed by atoms with Crippen molar-refractivity contribution in [1.82, 2.24) is 0 Å². The van der Waals surface area contributed by atoms with Gasteiger partial charge in [0.05, 0.1) is 7.11 Å². The maximum absolute atomic E-state index is 10.6. The molecule has 0 aromatic heterocycles. The van der Waals surface area contributed by atoms with Crippen molar-refractivity contribution in [3.05, 3.63) is 28.8 Å². The minimum absolute atomic E-state index is 0.152. The van der Waals surface area contributed by atoms with Crippen molar-refractivity contribution in [2.45, 2.75) is 33.6 Å². The number of aryl methyl sites for hydroxylation is 2. The second kappa shape index (κ2) is 5.71. The lowest BCUT2D eigenvalue weighted by Crippen LogP contribution is -2.08. The summed E-state index contributed by atoms with van der Waals surface area (Å²) >= 11 is 0. The molecule has 1 unspecified atom stereocenters. The highest BCUT2D eigenvalue weighted by Crippen LogP contribution is 2.24. The van der Waals surface area contributed by atoms with E-state index in [1.54, 1.807) is 7.11 Å². The zero-order valence-corrected chi connectivity index (χ0v) is 10.9. The maximum atomic E-state index is 10.6. The lowest BCUT2D eigenvalue weighted by molar-refractivity contribution is -0.137. The molecular formula is C14H20O3. The number of aliphatic carboxylic acids is 1. The maximum Gasteiger partial charge on any atom is 0.303 e. The number of ether oxygens (including phenoxy) is 1. The van der Waals surface area contributed by atoms with Crippen LogP contribution in [0.15, 0.2) is 12.1 Å². The van der Waals surface area contributed by atoms with Crippen molar-refractivity contribution in [2.75, 3.05) is 7.11 Å². The Hall–Kier alpha value is -1.51. The Kier molecular flexibility index (Phi) is 4.55. The van der Waals surface area contributed by atoms with Gasteiger partial charge in [0, 0.05) is 6.42 Å². The first-order valence-electron chi connectivity index (χ1n) is 5.80. The van der Waals surface area contributed by atoms with Crippen molar-refractivity contribution in [2.24, 2.45) is 5.92 Å². The monoisotopic (exact) mass is 236 g/mol. The molecule has 0 heterocycles. The molecule has 3 heteroatoms. The fourth-order valence-corrected chi connectivity index (χ4v) is 2.03. The van der Waals surface area contributed by atoms with E-state index in [2.05, 4.69) is 6.07 Å². The van der Waals surface area contributed by atoms with Crippen molar-refractivity contribution in [1.29, 1.82) is 0 Å². The zero-order chi connectivity index (χ0) is 13.0. The van der Waals surface area contributed by atoms with Crippen molar-refractivity contribution >= 4 is 5.97 Å². The molecule has 0 spiro atoms. The summed E-state index contributed by atoms with van der Waals surface area (Å²) < 4.78 is 5.26. The normalized spacial score (nSPS) is 12.2. The summed E-state index contributed by atoms with van der Waals surface area (Å²) in [6.45, 7) is 6.00. The standard InChI is InChI=1S/C14H20O3/c1-9(6-14(15)16)5-12-7-11(3)13(17-4)8-10(12)2/h7-9H,5-6H2,1-4H3,(H,15,16). The van der Waals surface area contributed by atoms with Crippen LogP contribution in [0.1, 0.15) is 30.0 Å². The molecule has 0 aliphatic rings. The molecule has 94 valence electrons. The fourth-order valence-electron chi connectivity index (χ4n) is 2.03. The number of hydrogen-bond donors (Lipinski definition) is 1. The molecule has 17 heavy (non-hydrogen) atoms. The quantitative estimate of drug-likeness (QED) is 0.855. The number of hydrogen-bond acceptors (Lipinski definition) is 2. The lowest BCUT2D eigenvalue weighted by atomic mass is 9.93. The first-order chi connectivity index (χ1) is 7.93. The van der Waals surface area contributed by atoms with Gasteiger partial charge in [-0.25, -0.2) is 0 Å². The summed E-state index contributed by atoms with van der Waals surface area (Å²) in [6.07, 6.45) is 1.01. The Bertz CT molecular complexity index is 410. The molecular weight excluding hydrogens is 216 g/mol. The van der Waals surface area contributed by atoms with Crippen LogP contribution in [0.2, 0.25) is 0 Å². The number of benzene rings is 1. The average molecular weight is 236 g/mol. The van der Waals surface area contributed by atoms with Gasteiger partial charge in [-0.15, -0.1) is 0 Å². The van der Waals surface area contributed by atoms with Gasteiger partial charge in [0.1, 0.15) is 5.75 Å². The summed E-state index contributed by atoms with van der Waals surface area (Å²) in [5.74, 6) is 0.302. The third-order valence-electron chi connectivity index (χ3n) is 2.94. The molecule has 1 aromatic carbocycles. The topological polar surface area (TPSA) is 46.5 Å². The molecule has 1 atom stereocenters. The smallest absolute Gasteiger partial charge is 0.303 e. The number of carbonyl (C=O) groups is 1. The lowest BCUT2D eigenvalue weighted by Gasteiger charge is -2.14. The summed E-state index contributed by atoms with van der Waals surface area (Å²) in [5.41, 5.74) is 3.46. The zero-order valence-electron chi connectivity index (χ0n) is 10.9. The van der Waals surface area contributed by atoms with E-state index in [1.165, 1.54) is 5.56 Å². The van der Waals surface area contributed by atoms with E-state index in [9.17, 15) is 4.79 Å². The molecule has 1 N–H and O–H groups in total. The van der Waals surface area contributed by atoms with Gasteiger partial charge in [0.25, 0.3) is 0 Å². The summed E-state index contributed by atoms with van der Waals surface area (Å²) in [7, 11) is 1.66. The molecule has 0 saturated heterocycles. The minimum atomic E-state index is -0.736. The van der Waals surface area contributed by atoms with E-state index < -0.39 is 5.97 Å². The van der Waals surface area contributed by atoms with E-state index in [0.717, 1.165) is 23.3 Å². The van der Waals surface area contributed by atoms with Crippen LogP contribution in [-0.2, 0) is 11.2 Å². The number of carboxylic acids is 1. The van der Waals surface area contributed by atoms with Gasteiger partial charge >= 0.3 is 5.97 Å². The van der Waals surface area contributed by atoms with Crippen LogP contribution in [0, 0.1) is 19.8 Å². The molecule has 3 nitrogen and oxygen atoms in total. The molecule has 1 aromatic rings. The SMILES string of the molecule is COc1cc(C)c(CC(C)CC(=O)O)cc1C.